The average Bonchev–Trinajstić information content (AvgIpc) is 2.83. The predicted octanol–water partition coefficient (Wildman–Crippen LogP) is 2.42. The van der Waals surface area contributed by atoms with E-state index in [1.807, 2.05) is 5.38 Å². The third kappa shape index (κ3) is 1.37. The van der Waals surface area contributed by atoms with Gasteiger partial charge < -0.3 is 10.6 Å². The number of aromatic nitrogens is 1. The SMILES string of the molecule is Nc1csc(N2CCc3ccccc32)n1. The molecule has 0 saturated heterocycles. The molecule has 1 aliphatic rings. The largest absolute Gasteiger partial charge is 0.383 e. The summed E-state index contributed by atoms with van der Waals surface area (Å²) in [5.74, 6) is 0.611. The number of nitrogens with two attached hydrogens (primary N) is 1. The Hall–Kier alpha value is -1.55. The van der Waals surface area contributed by atoms with Gasteiger partial charge in [0, 0.05) is 17.6 Å². The monoisotopic (exact) mass is 217 g/mol. The van der Waals surface area contributed by atoms with Gasteiger partial charge in [-0.25, -0.2) is 4.98 Å². The molecule has 3 rings (SSSR count). The first-order valence-electron chi connectivity index (χ1n) is 4.91. The van der Waals surface area contributed by atoms with E-state index < -0.39 is 0 Å². The first-order valence-corrected chi connectivity index (χ1v) is 5.79. The second-order valence-corrected chi connectivity index (χ2v) is 4.42. The Morgan fingerprint density at radius 2 is 2.20 bits per heavy atom. The summed E-state index contributed by atoms with van der Waals surface area (Å²) in [4.78, 5) is 6.55. The van der Waals surface area contributed by atoms with Gasteiger partial charge in [-0.3, -0.25) is 0 Å². The molecule has 1 aliphatic heterocycles. The first kappa shape index (κ1) is 8.73. The van der Waals surface area contributed by atoms with Crippen molar-refractivity contribution in [2.24, 2.45) is 0 Å². The van der Waals surface area contributed by atoms with Gasteiger partial charge in [-0.2, -0.15) is 0 Å². The highest BCUT2D eigenvalue weighted by Gasteiger charge is 2.21. The van der Waals surface area contributed by atoms with Crippen LogP contribution in [0, 0.1) is 0 Å². The summed E-state index contributed by atoms with van der Waals surface area (Å²) in [5.41, 5.74) is 8.30. The van der Waals surface area contributed by atoms with E-state index in [0.717, 1.165) is 18.1 Å². The molecule has 0 amide bonds. The van der Waals surface area contributed by atoms with E-state index in [1.54, 1.807) is 11.3 Å². The quantitative estimate of drug-likeness (QED) is 0.797. The number of rotatable bonds is 1. The van der Waals surface area contributed by atoms with Crippen molar-refractivity contribution in [2.45, 2.75) is 6.42 Å². The van der Waals surface area contributed by atoms with Crippen molar-refractivity contribution in [3.05, 3.63) is 35.2 Å². The fourth-order valence-electron chi connectivity index (χ4n) is 1.94. The Kier molecular flexibility index (Phi) is 1.89. The van der Waals surface area contributed by atoms with E-state index in [1.165, 1.54) is 11.3 Å². The maximum atomic E-state index is 5.64. The van der Waals surface area contributed by atoms with E-state index in [4.69, 9.17) is 5.73 Å². The molecule has 0 bridgehead atoms. The zero-order valence-corrected chi connectivity index (χ0v) is 9.00. The number of nitrogens with zero attached hydrogens (tertiary/aromatic N) is 2. The van der Waals surface area contributed by atoms with E-state index in [2.05, 4.69) is 34.1 Å². The van der Waals surface area contributed by atoms with Gasteiger partial charge in [0.05, 0.1) is 0 Å². The van der Waals surface area contributed by atoms with Crippen molar-refractivity contribution in [1.82, 2.24) is 4.98 Å². The lowest BCUT2D eigenvalue weighted by Crippen LogP contribution is -2.12. The molecule has 0 unspecified atom stereocenters. The van der Waals surface area contributed by atoms with Gasteiger partial charge in [0.25, 0.3) is 0 Å². The molecule has 0 atom stereocenters. The second-order valence-electron chi connectivity index (χ2n) is 3.59. The van der Waals surface area contributed by atoms with Crippen LogP contribution in [0.1, 0.15) is 5.56 Å². The van der Waals surface area contributed by atoms with Crippen LogP contribution in [0.3, 0.4) is 0 Å². The van der Waals surface area contributed by atoms with Crippen LogP contribution in [-0.4, -0.2) is 11.5 Å². The molecule has 2 N–H and O–H groups in total. The molecule has 0 aliphatic carbocycles. The number of benzene rings is 1. The molecule has 2 heterocycles. The van der Waals surface area contributed by atoms with Gasteiger partial charge in [0.15, 0.2) is 5.13 Å². The lowest BCUT2D eigenvalue weighted by molar-refractivity contribution is 0.991. The summed E-state index contributed by atoms with van der Waals surface area (Å²) in [6, 6.07) is 8.46. The molecule has 1 aromatic heterocycles. The van der Waals surface area contributed by atoms with E-state index in [0.29, 0.717) is 5.82 Å². The Bertz CT molecular complexity index is 492. The lowest BCUT2D eigenvalue weighted by atomic mass is 10.2. The molecule has 3 nitrogen and oxygen atoms in total. The Labute approximate surface area is 92.2 Å². The van der Waals surface area contributed by atoms with Crippen molar-refractivity contribution in [1.29, 1.82) is 0 Å². The summed E-state index contributed by atoms with van der Waals surface area (Å²) < 4.78 is 0. The molecular weight excluding hydrogens is 206 g/mol. The van der Waals surface area contributed by atoms with E-state index in [-0.39, 0.29) is 0 Å². The zero-order chi connectivity index (χ0) is 10.3. The van der Waals surface area contributed by atoms with Crippen LogP contribution in [0.2, 0.25) is 0 Å². The van der Waals surface area contributed by atoms with Crippen molar-refractivity contribution in [3.63, 3.8) is 0 Å². The Balaban J connectivity index is 2.04. The Morgan fingerprint density at radius 3 is 3.00 bits per heavy atom. The maximum absolute atomic E-state index is 5.64. The van der Waals surface area contributed by atoms with E-state index in [9.17, 15) is 0 Å². The summed E-state index contributed by atoms with van der Waals surface area (Å²) in [5, 5.41) is 2.88. The molecule has 2 aromatic rings. The molecular formula is C11H11N3S. The van der Waals surface area contributed by atoms with Gasteiger partial charge in [0.2, 0.25) is 0 Å². The lowest BCUT2D eigenvalue weighted by Gasteiger charge is -2.14. The minimum atomic E-state index is 0.611. The zero-order valence-electron chi connectivity index (χ0n) is 8.18. The van der Waals surface area contributed by atoms with Gasteiger partial charge in [0.1, 0.15) is 5.82 Å². The highest BCUT2D eigenvalue weighted by atomic mass is 32.1. The van der Waals surface area contributed by atoms with Crippen LogP contribution in [0.5, 0.6) is 0 Å². The number of para-hydroxylation sites is 1. The number of hydrogen-bond donors (Lipinski definition) is 1. The summed E-state index contributed by atoms with van der Waals surface area (Å²) in [6.45, 7) is 1.01. The molecule has 76 valence electrons. The van der Waals surface area contributed by atoms with Gasteiger partial charge in [-0.1, -0.05) is 18.2 Å². The molecule has 1 aromatic carbocycles. The van der Waals surface area contributed by atoms with Crippen LogP contribution in [0.25, 0.3) is 0 Å². The van der Waals surface area contributed by atoms with Crippen LogP contribution < -0.4 is 10.6 Å². The van der Waals surface area contributed by atoms with Crippen molar-refractivity contribution < 1.29 is 0 Å². The number of anilines is 3. The van der Waals surface area contributed by atoms with Crippen LogP contribution >= 0.6 is 11.3 Å². The predicted molar refractivity (Wildman–Crippen MR) is 63.7 cm³/mol. The molecule has 0 radical (unpaired) electrons. The average molecular weight is 217 g/mol. The van der Waals surface area contributed by atoms with Crippen LogP contribution in [0.15, 0.2) is 29.6 Å². The number of hydrogen-bond acceptors (Lipinski definition) is 4. The minimum Gasteiger partial charge on any atom is -0.383 e. The molecule has 4 heteroatoms. The van der Waals surface area contributed by atoms with Crippen molar-refractivity contribution in [2.75, 3.05) is 17.2 Å². The fraction of sp³-hybridized carbons (Fsp3) is 0.182. The van der Waals surface area contributed by atoms with Crippen LogP contribution in [-0.2, 0) is 6.42 Å². The van der Waals surface area contributed by atoms with Crippen LogP contribution in [0.4, 0.5) is 16.6 Å². The highest BCUT2D eigenvalue weighted by molar-refractivity contribution is 7.14. The Morgan fingerprint density at radius 1 is 1.33 bits per heavy atom. The smallest absolute Gasteiger partial charge is 0.191 e. The number of fused-ring (bicyclic) bond motifs is 1. The first-order chi connectivity index (χ1) is 7.34. The normalized spacial score (nSPS) is 14.3. The molecule has 0 spiro atoms. The standard InChI is InChI=1S/C11H11N3S/c12-10-7-15-11(13-10)14-6-5-8-3-1-2-4-9(8)14/h1-4,7H,5-6,12H2. The van der Waals surface area contributed by atoms with Crippen molar-refractivity contribution >= 4 is 28.0 Å². The highest BCUT2D eigenvalue weighted by Crippen LogP contribution is 2.35. The molecule has 15 heavy (non-hydrogen) atoms. The minimum absolute atomic E-state index is 0.611. The molecule has 0 saturated carbocycles. The number of nitrogen functional groups attached to an aromatic ring is 1. The fourth-order valence-corrected chi connectivity index (χ4v) is 2.69. The van der Waals surface area contributed by atoms with Gasteiger partial charge >= 0.3 is 0 Å². The summed E-state index contributed by atoms with van der Waals surface area (Å²) in [7, 11) is 0. The third-order valence-electron chi connectivity index (χ3n) is 2.63. The van der Waals surface area contributed by atoms with Crippen molar-refractivity contribution in [3.8, 4) is 0 Å². The summed E-state index contributed by atoms with van der Waals surface area (Å²) >= 11 is 1.60. The van der Waals surface area contributed by atoms with Gasteiger partial charge in [-0.05, 0) is 18.1 Å². The third-order valence-corrected chi connectivity index (χ3v) is 3.51. The maximum Gasteiger partial charge on any atom is 0.191 e. The van der Waals surface area contributed by atoms with E-state index >= 15 is 0 Å². The summed E-state index contributed by atoms with van der Waals surface area (Å²) in [6.07, 6.45) is 1.09. The second kappa shape index (κ2) is 3.24. The topological polar surface area (TPSA) is 42.1 Å². The molecule has 0 fully saturated rings. The van der Waals surface area contributed by atoms with Gasteiger partial charge in [-0.15, -0.1) is 11.3 Å². The number of thiazole rings is 1.